The summed E-state index contributed by atoms with van der Waals surface area (Å²) in [4.78, 5) is 16.7. The van der Waals surface area contributed by atoms with E-state index in [0.717, 1.165) is 43.2 Å². The van der Waals surface area contributed by atoms with Gasteiger partial charge in [0.15, 0.2) is 0 Å². The number of carbonyl (C=O) groups is 1. The van der Waals surface area contributed by atoms with Crippen LogP contribution in [0, 0.1) is 17.1 Å². The van der Waals surface area contributed by atoms with Crippen molar-refractivity contribution < 1.29 is 9.18 Å². The summed E-state index contributed by atoms with van der Waals surface area (Å²) in [7, 11) is 3.65. The summed E-state index contributed by atoms with van der Waals surface area (Å²) in [5.41, 5.74) is 1.25. The minimum Gasteiger partial charge on any atom is -0.326 e. The SMILES string of the molecule is CN(CC(=O)N(C)C1(C#N)CCCCC1)C(c1ccccc1)c1ccc(F)cc1. The van der Waals surface area contributed by atoms with Crippen LogP contribution in [0.15, 0.2) is 54.6 Å². The zero-order chi connectivity index (χ0) is 20.9. The van der Waals surface area contributed by atoms with E-state index in [2.05, 4.69) is 6.07 Å². The van der Waals surface area contributed by atoms with Crippen LogP contribution in [0.5, 0.6) is 0 Å². The summed E-state index contributed by atoms with van der Waals surface area (Å²) in [6.45, 7) is 0.177. The van der Waals surface area contributed by atoms with Crippen LogP contribution in [0.2, 0.25) is 0 Å². The molecule has 0 saturated heterocycles. The van der Waals surface area contributed by atoms with Crippen LogP contribution in [0.1, 0.15) is 49.3 Å². The van der Waals surface area contributed by atoms with Gasteiger partial charge in [0, 0.05) is 7.05 Å². The number of rotatable bonds is 6. The third-order valence-corrected chi connectivity index (χ3v) is 6.03. The molecule has 1 saturated carbocycles. The quantitative estimate of drug-likeness (QED) is 0.724. The Morgan fingerprint density at radius 1 is 1.03 bits per heavy atom. The Hall–Kier alpha value is -2.71. The summed E-state index contributed by atoms with van der Waals surface area (Å²) < 4.78 is 13.5. The zero-order valence-corrected chi connectivity index (χ0v) is 17.1. The van der Waals surface area contributed by atoms with Crippen LogP contribution in [0.4, 0.5) is 4.39 Å². The van der Waals surface area contributed by atoms with Crippen LogP contribution in [-0.4, -0.2) is 41.9 Å². The number of halogens is 1. The maximum atomic E-state index is 13.5. The summed E-state index contributed by atoms with van der Waals surface area (Å²) in [6, 6.07) is 18.5. The Balaban J connectivity index is 1.82. The van der Waals surface area contributed by atoms with Crippen molar-refractivity contribution in [3.8, 4) is 6.07 Å². The van der Waals surface area contributed by atoms with Crippen LogP contribution >= 0.6 is 0 Å². The number of carbonyl (C=O) groups excluding carboxylic acids is 1. The lowest BCUT2D eigenvalue weighted by molar-refractivity contribution is -0.136. The second-order valence-corrected chi connectivity index (χ2v) is 7.94. The molecular formula is C24H28FN3O. The van der Waals surface area contributed by atoms with Crippen molar-refractivity contribution >= 4 is 5.91 Å². The smallest absolute Gasteiger partial charge is 0.237 e. The second-order valence-electron chi connectivity index (χ2n) is 7.94. The normalized spacial score (nSPS) is 16.8. The monoisotopic (exact) mass is 393 g/mol. The highest BCUT2D eigenvalue weighted by atomic mass is 19.1. The predicted molar refractivity (Wildman–Crippen MR) is 112 cm³/mol. The zero-order valence-electron chi connectivity index (χ0n) is 17.1. The first-order chi connectivity index (χ1) is 14.0. The topological polar surface area (TPSA) is 47.3 Å². The Kier molecular flexibility index (Phi) is 6.66. The average molecular weight is 394 g/mol. The molecule has 0 N–H and O–H groups in total. The molecule has 0 bridgehead atoms. The van der Waals surface area contributed by atoms with E-state index < -0.39 is 5.54 Å². The lowest BCUT2D eigenvalue weighted by Gasteiger charge is -2.40. The number of nitrogens with zero attached hydrogens (tertiary/aromatic N) is 3. The van der Waals surface area contributed by atoms with Crippen molar-refractivity contribution in [3.63, 3.8) is 0 Å². The molecule has 0 aromatic heterocycles. The van der Waals surface area contributed by atoms with Crippen LogP contribution in [-0.2, 0) is 4.79 Å². The maximum absolute atomic E-state index is 13.5. The van der Waals surface area contributed by atoms with Gasteiger partial charge in [-0.3, -0.25) is 9.69 Å². The number of nitriles is 1. The Labute approximate surface area is 172 Å². The van der Waals surface area contributed by atoms with Crippen molar-refractivity contribution in [2.45, 2.75) is 43.7 Å². The van der Waals surface area contributed by atoms with Crippen molar-refractivity contribution in [1.82, 2.24) is 9.80 Å². The largest absolute Gasteiger partial charge is 0.326 e. The van der Waals surface area contributed by atoms with E-state index in [1.165, 1.54) is 12.1 Å². The van der Waals surface area contributed by atoms with Gasteiger partial charge >= 0.3 is 0 Å². The number of likely N-dealkylation sites (N-methyl/N-ethyl adjacent to an activating group) is 2. The molecule has 3 rings (SSSR count). The van der Waals surface area contributed by atoms with E-state index in [4.69, 9.17) is 0 Å². The Morgan fingerprint density at radius 2 is 1.62 bits per heavy atom. The fourth-order valence-corrected chi connectivity index (χ4v) is 4.29. The van der Waals surface area contributed by atoms with Gasteiger partial charge in [-0.2, -0.15) is 5.26 Å². The van der Waals surface area contributed by atoms with Gasteiger partial charge in [-0.15, -0.1) is 0 Å². The van der Waals surface area contributed by atoms with E-state index in [0.29, 0.717) is 0 Å². The molecule has 1 unspecified atom stereocenters. The highest BCUT2D eigenvalue weighted by Gasteiger charge is 2.39. The van der Waals surface area contributed by atoms with E-state index >= 15 is 0 Å². The lowest BCUT2D eigenvalue weighted by atomic mass is 9.81. The van der Waals surface area contributed by atoms with Crippen molar-refractivity contribution in [2.75, 3.05) is 20.6 Å². The fourth-order valence-electron chi connectivity index (χ4n) is 4.29. The molecule has 1 amide bonds. The predicted octanol–water partition coefficient (Wildman–Crippen LogP) is 4.53. The van der Waals surface area contributed by atoms with Crippen molar-refractivity contribution in [3.05, 3.63) is 71.5 Å². The maximum Gasteiger partial charge on any atom is 0.237 e. The Bertz CT molecular complexity index is 854. The van der Waals surface area contributed by atoms with Gasteiger partial charge in [0.25, 0.3) is 0 Å². The van der Waals surface area contributed by atoms with Crippen molar-refractivity contribution in [2.24, 2.45) is 0 Å². The molecule has 1 aliphatic carbocycles. The third-order valence-electron chi connectivity index (χ3n) is 6.03. The molecule has 0 aliphatic heterocycles. The molecule has 0 spiro atoms. The van der Waals surface area contributed by atoms with Crippen molar-refractivity contribution in [1.29, 1.82) is 5.26 Å². The Morgan fingerprint density at radius 3 is 2.21 bits per heavy atom. The first kappa shape index (κ1) is 21.0. The minimum absolute atomic E-state index is 0.0704. The summed E-state index contributed by atoms with van der Waals surface area (Å²) in [5, 5.41) is 9.79. The van der Waals surface area contributed by atoms with Crippen LogP contribution in [0.25, 0.3) is 0 Å². The molecule has 2 aromatic rings. The van der Waals surface area contributed by atoms with Gasteiger partial charge in [0.2, 0.25) is 5.91 Å². The molecule has 1 fully saturated rings. The first-order valence-electron chi connectivity index (χ1n) is 10.2. The number of amides is 1. The van der Waals surface area contributed by atoms with Gasteiger partial charge in [0.1, 0.15) is 11.4 Å². The van der Waals surface area contributed by atoms with Crippen LogP contribution < -0.4 is 0 Å². The summed E-state index contributed by atoms with van der Waals surface area (Å²) in [5.74, 6) is -0.355. The highest BCUT2D eigenvalue weighted by Crippen LogP contribution is 2.33. The molecule has 1 aliphatic rings. The highest BCUT2D eigenvalue weighted by molar-refractivity contribution is 5.79. The van der Waals surface area contributed by atoms with Gasteiger partial charge in [-0.05, 0) is 43.1 Å². The molecule has 5 heteroatoms. The molecular weight excluding hydrogens is 365 g/mol. The molecule has 29 heavy (non-hydrogen) atoms. The minimum atomic E-state index is -0.700. The van der Waals surface area contributed by atoms with Gasteiger partial charge in [0.05, 0.1) is 18.7 Å². The molecule has 152 valence electrons. The lowest BCUT2D eigenvalue weighted by Crippen LogP contribution is -2.52. The molecule has 0 heterocycles. The van der Waals surface area contributed by atoms with E-state index in [1.54, 1.807) is 24.1 Å². The molecule has 1 atom stereocenters. The first-order valence-corrected chi connectivity index (χ1v) is 10.2. The molecule has 2 aromatic carbocycles. The van der Waals surface area contributed by atoms with Gasteiger partial charge < -0.3 is 4.90 Å². The number of benzene rings is 2. The summed E-state index contributed by atoms with van der Waals surface area (Å²) in [6.07, 6.45) is 4.53. The van der Waals surface area contributed by atoms with Gasteiger partial charge in [-0.25, -0.2) is 4.39 Å². The summed E-state index contributed by atoms with van der Waals surface area (Å²) >= 11 is 0. The average Bonchev–Trinajstić information content (AvgIpc) is 2.76. The van der Waals surface area contributed by atoms with Gasteiger partial charge in [-0.1, -0.05) is 61.7 Å². The van der Waals surface area contributed by atoms with E-state index in [-0.39, 0.29) is 24.3 Å². The second kappa shape index (κ2) is 9.19. The standard InChI is InChI=1S/C24H28FN3O/c1-27(17-22(29)28(2)24(18-26)15-7-4-8-16-24)23(19-9-5-3-6-10-19)20-11-13-21(25)14-12-20/h3,5-6,9-14,23H,4,7-8,15-17H2,1-2H3. The third kappa shape index (κ3) is 4.65. The number of hydrogen-bond acceptors (Lipinski definition) is 3. The number of hydrogen-bond donors (Lipinski definition) is 0. The molecule has 0 radical (unpaired) electrons. The molecule has 4 nitrogen and oxygen atoms in total. The van der Waals surface area contributed by atoms with E-state index in [1.807, 2.05) is 42.3 Å². The van der Waals surface area contributed by atoms with E-state index in [9.17, 15) is 14.4 Å². The van der Waals surface area contributed by atoms with Crippen LogP contribution in [0.3, 0.4) is 0 Å². The fraction of sp³-hybridized carbons (Fsp3) is 0.417.